The van der Waals surface area contributed by atoms with Gasteiger partial charge >= 0.3 is 0 Å². The molecule has 0 saturated carbocycles. The second kappa shape index (κ2) is 11.1. The Morgan fingerprint density at radius 2 is 1.74 bits per heavy atom. The van der Waals surface area contributed by atoms with Crippen molar-refractivity contribution in [3.8, 4) is 11.5 Å². The standard InChI is InChI=1S/C25H33ClN2O2.ClH/c1-17(2)16-30-24-9-7-6-8-23(24)29-13-12-27-25(4,5)15-21-18(3)28-22-11-10-19(26)14-20(21)22;/h6-11,14,17,27-28H,12-13,15-16H2,1-5H3;1H. The Balaban J connectivity index is 0.00000341. The Hall–Kier alpha value is -1.88. The van der Waals surface area contributed by atoms with Crippen LogP contribution in [0, 0.1) is 12.8 Å². The van der Waals surface area contributed by atoms with E-state index >= 15 is 0 Å². The van der Waals surface area contributed by atoms with Crippen LogP contribution in [-0.2, 0) is 6.42 Å². The van der Waals surface area contributed by atoms with Gasteiger partial charge in [-0.05, 0) is 69.0 Å². The molecule has 0 aliphatic carbocycles. The summed E-state index contributed by atoms with van der Waals surface area (Å²) in [4.78, 5) is 3.47. The molecule has 0 atom stereocenters. The molecule has 170 valence electrons. The zero-order valence-corrected chi connectivity index (χ0v) is 20.6. The Morgan fingerprint density at radius 3 is 2.42 bits per heavy atom. The van der Waals surface area contributed by atoms with Crippen molar-refractivity contribution in [2.75, 3.05) is 19.8 Å². The summed E-state index contributed by atoms with van der Waals surface area (Å²) >= 11 is 6.23. The van der Waals surface area contributed by atoms with Gasteiger partial charge in [0.15, 0.2) is 11.5 Å². The van der Waals surface area contributed by atoms with E-state index < -0.39 is 0 Å². The highest BCUT2D eigenvalue weighted by molar-refractivity contribution is 6.31. The van der Waals surface area contributed by atoms with E-state index in [1.807, 2.05) is 42.5 Å². The molecule has 0 saturated heterocycles. The fraction of sp³-hybridized carbons (Fsp3) is 0.440. The lowest BCUT2D eigenvalue weighted by Crippen LogP contribution is -2.43. The van der Waals surface area contributed by atoms with Crippen molar-refractivity contribution in [3.63, 3.8) is 0 Å². The van der Waals surface area contributed by atoms with E-state index in [9.17, 15) is 0 Å². The van der Waals surface area contributed by atoms with E-state index in [-0.39, 0.29) is 17.9 Å². The number of aromatic amines is 1. The van der Waals surface area contributed by atoms with Gasteiger partial charge in [-0.15, -0.1) is 12.4 Å². The van der Waals surface area contributed by atoms with Crippen LogP contribution in [0.2, 0.25) is 5.02 Å². The van der Waals surface area contributed by atoms with E-state index in [2.05, 4.69) is 44.9 Å². The van der Waals surface area contributed by atoms with Gasteiger partial charge < -0.3 is 19.8 Å². The Morgan fingerprint density at radius 1 is 1.06 bits per heavy atom. The van der Waals surface area contributed by atoms with Crippen LogP contribution in [0.25, 0.3) is 10.9 Å². The summed E-state index contributed by atoms with van der Waals surface area (Å²) in [7, 11) is 0. The maximum absolute atomic E-state index is 6.23. The number of hydrogen-bond acceptors (Lipinski definition) is 3. The highest BCUT2D eigenvalue weighted by atomic mass is 35.5. The van der Waals surface area contributed by atoms with Crippen LogP contribution < -0.4 is 14.8 Å². The van der Waals surface area contributed by atoms with Gasteiger partial charge in [0.05, 0.1) is 6.61 Å². The van der Waals surface area contributed by atoms with Crippen LogP contribution in [0.4, 0.5) is 0 Å². The molecule has 1 heterocycles. The first-order chi connectivity index (χ1) is 14.2. The van der Waals surface area contributed by atoms with Crippen LogP contribution in [0.15, 0.2) is 42.5 Å². The molecule has 0 radical (unpaired) electrons. The first-order valence-electron chi connectivity index (χ1n) is 10.6. The van der Waals surface area contributed by atoms with Crippen molar-refractivity contribution in [3.05, 3.63) is 58.7 Å². The molecular formula is C25H34Cl2N2O2. The first kappa shape index (κ1) is 25.4. The predicted octanol–water partition coefficient (Wildman–Crippen LogP) is 6.58. The molecule has 0 spiro atoms. The normalized spacial score (nSPS) is 11.6. The van der Waals surface area contributed by atoms with Crippen molar-refractivity contribution in [1.29, 1.82) is 0 Å². The molecule has 0 unspecified atom stereocenters. The van der Waals surface area contributed by atoms with Gasteiger partial charge in [0, 0.05) is 33.7 Å². The third-order valence-electron chi connectivity index (χ3n) is 5.08. The number of aromatic nitrogens is 1. The molecule has 6 heteroatoms. The molecule has 0 amide bonds. The van der Waals surface area contributed by atoms with E-state index in [4.69, 9.17) is 21.1 Å². The third kappa shape index (κ3) is 7.06. The number of benzene rings is 2. The molecule has 0 fully saturated rings. The Labute approximate surface area is 197 Å². The predicted molar refractivity (Wildman–Crippen MR) is 133 cm³/mol. The minimum atomic E-state index is -0.0841. The number of hydrogen-bond donors (Lipinski definition) is 2. The molecule has 0 bridgehead atoms. The molecule has 31 heavy (non-hydrogen) atoms. The van der Waals surface area contributed by atoms with Crippen molar-refractivity contribution in [2.45, 2.75) is 46.6 Å². The first-order valence-corrected chi connectivity index (χ1v) is 11.0. The van der Waals surface area contributed by atoms with E-state index in [0.29, 0.717) is 19.1 Å². The monoisotopic (exact) mass is 464 g/mol. The minimum Gasteiger partial charge on any atom is -0.489 e. The molecule has 3 rings (SSSR count). The van der Waals surface area contributed by atoms with E-state index in [0.717, 1.165) is 35.0 Å². The zero-order valence-electron chi connectivity index (χ0n) is 19.0. The number of rotatable bonds is 10. The number of para-hydroxylation sites is 2. The third-order valence-corrected chi connectivity index (χ3v) is 5.32. The molecular weight excluding hydrogens is 431 g/mol. The van der Waals surface area contributed by atoms with Crippen molar-refractivity contribution in [1.82, 2.24) is 10.3 Å². The summed E-state index contributed by atoms with van der Waals surface area (Å²) < 4.78 is 11.9. The summed E-state index contributed by atoms with van der Waals surface area (Å²) in [6.45, 7) is 12.8. The van der Waals surface area contributed by atoms with Crippen molar-refractivity contribution in [2.24, 2.45) is 5.92 Å². The second-order valence-electron chi connectivity index (χ2n) is 8.91. The van der Waals surface area contributed by atoms with Crippen LogP contribution >= 0.6 is 24.0 Å². The summed E-state index contributed by atoms with van der Waals surface area (Å²) in [6.07, 6.45) is 0.896. The topological polar surface area (TPSA) is 46.3 Å². The fourth-order valence-electron chi connectivity index (χ4n) is 3.58. The van der Waals surface area contributed by atoms with Gasteiger partial charge in [0.2, 0.25) is 0 Å². The van der Waals surface area contributed by atoms with E-state index in [1.165, 1.54) is 16.6 Å². The van der Waals surface area contributed by atoms with Crippen molar-refractivity contribution >= 4 is 34.9 Å². The van der Waals surface area contributed by atoms with Crippen LogP contribution in [-0.4, -0.2) is 30.3 Å². The van der Waals surface area contributed by atoms with E-state index in [1.54, 1.807) is 0 Å². The molecule has 0 aliphatic heterocycles. The second-order valence-corrected chi connectivity index (χ2v) is 9.34. The summed E-state index contributed by atoms with van der Waals surface area (Å²) in [5.74, 6) is 2.07. The molecule has 0 aliphatic rings. The molecule has 2 aromatic carbocycles. The lowest BCUT2D eigenvalue weighted by molar-refractivity contribution is 0.238. The average molecular weight is 465 g/mol. The number of halogens is 2. The Kier molecular flexibility index (Phi) is 9.11. The fourth-order valence-corrected chi connectivity index (χ4v) is 3.75. The lowest BCUT2D eigenvalue weighted by Gasteiger charge is -2.27. The summed E-state index contributed by atoms with van der Waals surface area (Å²) in [5.41, 5.74) is 3.54. The van der Waals surface area contributed by atoms with Crippen LogP contribution in [0.5, 0.6) is 11.5 Å². The van der Waals surface area contributed by atoms with Crippen LogP contribution in [0.3, 0.4) is 0 Å². The maximum Gasteiger partial charge on any atom is 0.161 e. The summed E-state index contributed by atoms with van der Waals surface area (Å²) in [6, 6.07) is 13.9. The highest BCUT2D eigenvalue weighted by Gasteiger charge is 2.21. The smallest absolute Gasteiger partial charge is 0.161 e. The highest BCUT2D eigenvalue weighted by Crippen LogP contribution is 2.29. The number of nitrogens with one attached hydrogen (secondary N) is 2. The molecule has 4 nitrogen and oxygen atoms in total. The number of ether oxygens (including phenoxy) is 2. The molecule has 3 aromatic rings. The molecule has 2 N–H and O–H groups in total. The van der Waals surface area contributed by atoms with Gasteiger partial charge in [-0.1, -0.05) is 37.6 Å². The van der Waals surface area contributed by atoms with Gasteiger partial charge in [0.25, 0.3) is 0 Å². The van der Waals surface area contributed by atoms with Gasteiger partial charge in [-0.2, -0.15) is 0 Å². The molecule has 1 aromatic heterocycles. The largest absolute Gasteiger partial charge is 0.489 e. The SMILES string of the molecule is Cc1[nH]c2ccc(Cl)cc2c1CC(C)(C)NCCOc1ccccc1OCC(C)C.Cl. The number of aryl methyl sites for hydroxylation is 1. The lowest BCUT2D eigenvalue weighted by atomic mass is 9.93. The zero-order chi connectivity index (χ0) is 21.7. The van der Waals surface area contributed by atoms with Crippen molar-refractivity contribution < 1.29 is 9.47 Å². The number of H-pyrrole nitrogens is 1. The Bertz CT molecular complexity index is 983. The van der Waals surface area contributed by atoms with Gasteiger partial charge in [-0.25, -0.2) is 0 Å². The quantitative estimate of drug-likeness (QED) is 0.333. The van der Waals surface area contributed by atoms with Gasteiger partial charge in [-0.3, -0.25) is 0 Å². The summed E-state index contributed by atoms with van der Waals surface area (Å²) in [5, 5.41) is 5.59. The average Bonchev–Trinajstić information content (AvgIpc) is 2.98. The number of fused-ring (bicyclic) bond motifs is 1. The van der Waals surface area contributed by atoms with Gasteiger partial charge in [0.1, 0.15) is 6.61 Å². The maximum atomic E-state index is 6.23. The minimum absolute atomic E-state index is 0. The van der Waals surface area contributed by atoms with Crippen LogP contribution in [0.1, 0.15) is 39.0 Å².